The van der Waals surface area contributed by atoms with Gasteiger partial charge in [-0.15, -0.1) is 0 Å². The number of halogens is 2. The third-order valence-electron chi connectivity index (χ3n) is 2.50. The number of hydrogen-bond donors (Lipinski definition) is 1. The molecule has 0 saturated carbocycles. The Kier molecular flexibility index (Phi) is 2.80. The first-order valence-corrected chi connectivity index (χ1v) is 5.46. The fourth-order valence-corrected chi connectivity index (χ4v) is 2.12. The van der Waals surface area contributed by atoms with Gasteiger partial charge in [0.15, 0.2) is 0 Å². The van der Waals surface area contributed by atoms with Crippen molar-refractivity contribution in [1.29, 1.82) is 0 Å². The molecule has 0 amide bonds. The van der Waals surface area contributed by atoms with Crippen molar-refractivity contribution < 1.29 is 9.50 Å². The number of hydrogen-bond acceptors (Lipinski definition) is 1. The first-order valence-electron chi connectivity index (χ1n) is 4.67. The van der Waals surface area contributed by atoms with E-state index in [1.165, 1.54) is 6.07 Å². The molecule has 0 unspecified atom stereocenters. The van der Waals surface area contributed by atoms with Gasteiger partial charge in [-0.1, -0.05) is 0 Å². The molecule has 2 nitrogen and oxygen atoms in total. The van der Waals surface area contributed by atoms with Crippen molar-refractivity contribution in [1.82, 2.24) is 4.57 Å². The van der Waals surface area contributed by atoms with Crippen LogP contribution in [0.5, 0.6) is 0 Å². The molecule has 1 aromatic heterocycles. The summed E-state index contributed by atoms with van der Waals surface area (Å²) in [5, 5.41) is 9.90. The van der Waals surface area contributed by atoms with E-state index in [1.54, 1.807) is 6.07 Å². The highest BCUT2D eigenvalue weighted by Crippen LogP contribution is 2.27. The predicted molar refractivity (Wildman–Crippen MR) is 61.4 cm³/mol. The molecule has 0 bridgehead atoms. The van der Waals surface area contributed by atoms with Crippen molar-refractivity contribution in [2.45, 2.75) is 6.42 Å². The lowest BCUT2D eigenvalue weighted by Crippen LogP contribution is -1.88. The highest BCUT2D eigenvalue weighted by atomic mass is 79.9. The quantitative estimate of drug-likeness (QED) is 0.893. The summed E-state index contributed by atoms with van der Waals surface area (Å²) in [4.78, 5) is 0. The SMILES string of the molecule is Cn1cc(CCO)c2cc(Br)c(F)cc21. The molecule has 0 aliphatic heterocycles. The fraction of sp³-hybridized carbons (Fsp3) is 0.273. The van der Waals surface area contributed by atoms with Crippen molar-refractivity contribution in [3.63, 3.8) is 0 Å². The molecule has 0 fully saturated rings. The predicted octanol–water partition coefficient (Wildman–Crippen LogP) is 2.61. The highest BCUT2D eigenvalue weighted by molar-refractivity contribution is 9.10. The first-order chi connectivity index (χ1) is 7.13. The minimum atomic E-state index is -0.265. The van der Waals surface area contributed by atoms with Gasteiger partial charge in [0.1, 0.15) is 5.82 Å². The molecule has 0 atom stereocenters. The molecule has 1 N–H and O–H groups in total. The van der Waals surface area contributed by atoms with Crippen LogP contribution >= 0.6 is 15.9 Å². The molecule has 0 spiro atoms. The lowest BCUT2D eigenvalue weighted by atomic mass is 10.1. The van der Waals surface area contributed by atoms with Crippen molar-refractivity contribution in [3.05, 3.63) is 34.2 Å². The van der Waals surface area contributed by atoms with Crippen LogP contribution in [0.4, 0.5) is 4.39 Å². The molecule has 15 heavy (non-hydrogen) atoms. The average Bonchev–Trinajstić information content (AvgIpc) is 2.46. The standard InChI is InChI=1S/C11H11BrFNO/c1-14-6-7(2-3-15)8-4-9(12)10(13)5-11(8)14/h4-6,15H,2-3H2,1H3. The van der Waals surface area contributed by atoms with Gasteiger partial charge in [-0.3, -0.25) is 0 Å². The number of benzene rings is 1. The molecule has 1 heterocycles. The molecule has 4 heteroatoms. The van der Waals surface area contributed by atoms with Crippen molar-refractivity contribution in [3.8, 4) is 0 Å². The van der Waals surface area contributed by atoms with Gasteiger partial charge in [0.05, 0.1) is 9.99 Å². The van der Waals surface area contributed by atoms with E-state index in [4.69, 9.17) is 5.11 Å². The summed E-state index contributed by atoms with van der Waals surface area (Å²) in [6.07, 6.45) is 2.52. The molecule has 80 valence electrons. The molecular formula is C11H11BrFNO. The lowest BCUT2D eigenvalue weighted by molar-refractivity contribution is 0.300. The van der Waals surface area contributed by atoms with Crippen LogP contribution in [0.1, 0.15) is 5.56 Å². The molecule has 0 aliphatic carbocycles. The van der Waals surface area contributed by atoms with Crippen molar-refractivity contribution in [2.75, 3.05) is 6.61 Å². The third kappa shape index (κ3) is 1.79. The zero-order valence-electron chi connectivity index (χ0n) is 8.30. The monoisotopic (exact) mass is 271 g/mol. The van der Waals surface area contributed by atoms with Gasteiger partial charge in [0.2, 0.25) is 0 Å². The highest BCUT2D eigenvalue weighted by Gasteiger charge is 2.09. The minimum Gasteiger partial charge on any atom is -0.396 e. The number of rotatable bonds is 2. The summed E-state index contributed by atoms with van der Waals surface area (Å²) in [6, 6.07) is 3.26. The van der Waals surface area contributed by atoms with E-state index < -0.39 is 0 Å². The largest absolute Gasteiger partial charge is 0.396 e. The molecule has 1 aromatic carbocycles. The Morgan fingerprint density at radius 1 is 1.47 bits per heavy atom. The van der Waals surface area contributed by atoms with Gasteiger partial charge in [-0.05, 0) is 40.0 Å². The zero-order chi connectivity index (χ0) is 11.0. The van der Waals surface area contributed by atoms with E-state index in [0.29, 0.717) is 10.9 Å². The molecule has 0 radical (unpaired) electrons. The Hall–Kier alpha value is -0.870. The maximum Gasteiger partial charge on any atom is 0.139 e. The third-order valence-corrected chi connectivity index (χ3v) is 3.10. The van der Waals surface area contributed by atoms with Gasteiger partial charge in [-0.25, -0.2) is 4.39 Å². The minimum absolute atomic E-state index is 0.105. The topological polar surface area (TPSA) is 25.2 Å². The first kappa shape index (κ1) is 10.6. The number of nitrogens with zero attached hydrogens (tertiary/aromatic N) is 1. The van der Waals surface area contributed by atoms with E-state index in [2.05, 4.69) is 15.9 Å². The van der Waals surface area contributed by atoms with E-state index in [9.17, 15) is 4.39 Å². The smallest absolute Gasteiger partial charge is 0.139 e. The number of aryl methyl sites for hydroxylation is 1. The van der Waals surface area contributed by atoms with Crippen LogP contribution in [-0.4, -0.2) is 16.3 Å². The van der Waals surface area contributed by atoms with Crippen molar-refractivity contribution in [2.24, 2.45) is 7.05 Å². The number of fused-ring (bicyclic) bond motifs is 1. The Morgan fingerprint density at radius 2 is 2.20 bits per heavy atom. The lowest BCUT2D eigenvalue weighted by Gasteiger charge is -1.99. The molecule has 0 saturated heterocycles. The second-order valence-corrected chi connectivity index (χ2v) is 4.38. The van der Waals surface area contributed by atoms with E-state index >= 15 is 0 Å². The Labute approximate surface area is 95.5 Å². The number of aromatic nitrogens is 1. The van der Waals surface area contributed by atoms with E-state index in [-0.39, 0.29) is 12.4 Å². The second-order valence-electron chi connectivity index (χ2n) is 3.52. The maximum absolute atomic E-state index is 13.3. The van der Waals surface area contributed by atoms with E-state index in [1.807, 2.05) is 17.8 Å². The van der Waals surface area contributed by atoms with Crippen LogP contribution in [0.15, 0.2) is 22.8 Å². The summed E-state index contributed by atoms with van der Waals surface area (Å²) in [7, 11) is 1.87. The zero-order valence-corrected chi connectivity index (χ0v) is 9.88. The van der Waals surface area contributed by atoms with Gasteiger partial charge in [0.25, 0.3) is 0 Å². The van der Waals surface area contributed by atoms with Crippen LogP contribution in [0.25, 0.3) is 10.9 Å². The van der Waals surface area contributed by atoms with Gasteiger partial charge < -0.3 is 9.67 Å². The number of aliphatic hydroxyl groups is 1. The second kappa shape index (κ2) is 3.94. The number of aliphatic hydroxyl groups excluding tert-OH is 1. The van der Waals surface area contributed by atoms with E-state index in [0.717, 1.165) is 16.5 Å². The van der Waals surface area contributed by atoms with Crippen LogP contribution in [0.2, 0.25) is 0 Å². The summed E-state index contributed by atoms with van der Waals surface area (Å²) < 4.78 is 15.6. The average molecular weight is 272 g/mol. The summed E-state index contributed by atoms with van der Waals surface area (Å²) >= 11 is 3.16. The molecule has 2 rings (SSSR count). The fourth-order valence-electron chi connectivity index (χ4n) is 1.78. The van der Waals surface area contributed by atoms with Crippen LogP contribution in [0.3, 0.4) is 0 Å². The van der Waals surface area contributed by atoms with Crippen LogP contribution < -0.4 is 0 Å². The summed E-state index contributed by atoms with van der Waals surface area (Å²) in [5.74, 6) is -0.265. The summed E-state index contributed by atoms with van der Waals surface area (Å²) in [6.45, 7) is 0.105. The van der Waals surface area contributed by atoms with Crippen LogP contribution in [-0.2, 0) is 13.5 Å². The van der Waals surface area contributed by atoms with Crippen LogP contribution in [0, 0.1) is 5.82 Å². The molecule has 2 aromatic rings. The molecular weight excluding hydrogens is 261 g/mol. The van der Waals surface area contributed by atoms with Gasteiger partial charge in [-0.2, -0.15) is 0 Å². The molecule has 0 aliphatic rings. The Balaban J connectivity index is 2.70. The van der Waals surface area contributed by atoms with Gasteiger partial charge in [0, 0.05) is 25.2 Å². The summed E-state index contributed by atoms with van der Waals surface area (Å²) in [5.41, 5.74) is 1.88. The normalized spacial score (nSPS) is 11.2. The maximum atomic E-state index is 13.3. The Bertz CT molecular complexity index is 507. The Morgan fingerprint density at radius 3 is 2.87 bits per heavy atom. The van der Waals surface area contributed by atoms with Crippen molar-refractivity contribution >= 4 is 26.8 Å². The van der Waals surface area contributed by atoms with Gasteiger partial charge >= 0.3 is 0 Å².